The zero-order valence-corrected chi connectivity index (χ0v) is 18.5. The summed E-state index contributed by atoms with van der Waals surface area (Å²) in [5, 5.41) is 0. The molecule has 1 heterocycles. The van der Waals surface area contributed by atoms with E-state index in [9.17, 15) is 13.2 Å². The minimum atomic E-state index is -4.33. The molecule has 1 aliphatic rings. The quantitative estimate of drug-likeness (QED) is 0.239. The van der Waals surface area contributed by atoms with E-state index in [0.29, 0.717) is 5.75 Å². The number of benzene rings is 1. The first-order chi connectivity index (χ1) is 15.1. The highest BCUT2D eigenvalue weighted by molar-refractivity contribution is 7.93. The van der Waals surface area contributed by atoms with Gasteiger partial charge in [0.05, 0.1) is 4.90 Å². The van der Waals surface area contributed by atoms with E-state index in [2.05, 4.69) is 9.98 Å². The fourth-order valence-corrected chi connectivity index (χ4v) is 5.17. The Morgan fingerprint density at radius 1 is 1.09 bits per heavy atom. The number of rotatable bonds is 9. The lowest BCUT2D eigenvalue weighted by atomic mass is 9.92. The number of aryl methyl sites for hydroxylation is 2. The molecule has 172 valence electrons. The Morgan fingerprint density at radius 3 is 2.44 bits per heavy atom. The minimum absolute atomic E-state index is 0.107. The normalized spacial score (nSPS) is 15.3. The topological polar surface area (TPSA) is 190 Å². The van der Waals surface area contributed by atoms with Crippen molar-refractivity contribution in [2.24, 2.45) is 27.9 Å². The molecule has 2 aromatic rings. The highest BCUT2D eigenvalue weighted by Gasteiger charge is 2.46. The number of fused-ring (bicyclic) bond motifs is 1. The van der Waals surface area contributed by atoms with Gasteiger partial charge in [-0.25, -0.2) is 13.4 Å². The van der Waals surface area contributed by atoms with Crippen LogP contribution in [0.3, 0.4) is 0 Å². The summed E-state index contributed by atoms with van der Waals surface area (Å²) in [6, 6.07) is 8.59. The zero-order chi connectivity index (χ0) is 23.4. The molecule has 3 rings (SSSR count). The first-order valence-electron chi connectivity index (χ1n) is 10.3. The molecule has 0 bridgehead atoms. The lowest BCUT2D eigenvalue weighted by molar-refractivity contribution is -0.120. The van der Waals surface area contributed by atoms with Crippen molar-refractivity contribution in [3.63, 3.8) is 0 Å². The van der Waals surface area contributed by atoms with Crippen LogP contribution in [0.4, 0.5) is 0 Å². The number of carbonyl (C=O) groups is 1. The Morgan fingerprint density at radius 2 is 1.81 bits per heavy atom. The molecule has 1 atom stereocenters. The van der Waals surface area contributed by atoms with Gasteiger partial charge in [-0.15, -0.1) is 0 Å². The molecule has 0 saturated carbocycles. The van der Waals surface area contributed by atoms with Crippen LogP contribution in [-0.4, -0.2) is 36.7 Å². The van der Waals surface area contributed by atoms with Crippen molar-refractivity contribution >= 4 is 21.7 Å². The van der Waals surface area contributed by atoms with Crippen LogP contribution < -0.4 is 27.7 Å². The number of aliphatic imine (C=N–C) groups is 1. The molecule has 0 fully saturated rings. The molecule has 1 aromatic heterocycles. The van der Waals surface area contributed by atoms with Crippen molar-refractivity contribution in [2.45, 2.75) is 48.3 Å². The maximum absolute atomic E-state index is 13.1. The Hall–Kier alpha value is -3.18. The van der Waals surface area contributed by atoms with Crippen LogP contribution in [0.25, 0.3) is 0 Å². The second-order valence-corrected chi connectivity index (χ2v) is 9.95. The predicted octanol–water partition coefficient (Wildman–Crippen LogP) is 0.720. The Labute approximate surface area is 187 Å². The Balaban J connectivity index is 1.76. The molecule has 0 aliphatic heterocycles. The van der Waals surface area contributed by atoms with E-state index in [1.54, 1.807) is 0 Å². The molecule has 0 saturated heterocycles. The number of guanidine groups is 1. The van der Waals surface area contributed by atoms with Gasteiger partial charge in [-0.3, -0.25) is 9.79 Å². The van der Waals surface area contributed by atoms with Crippen molar-refractivity contribution < 1.29 is 17.9 Å². The van der Waals surface area contributed by atoms with Crippen LogP contribution in [0.2, 0.25) is 0 Å². The Bertz CT molecular complexity index is 1110. The van der Waals surface area contributed by atoms with Gasteiger partial charge in [-0.05, 0) is 67.9 Å². The van der Waals surface area contributed by atoms with E-state index >= 15 is 0 Å². The lowest BCUT2D eigenvalue weighted by Gasteiger charge is -2.25. The first kappa shape index (κ1) is 23.5. The molecule has 8 N–H and O–H groups in total. The lowest BCUT2D eigenvalue weighted by Crippen LogP contribution is -2.57. The highest BCUT2D eigenvalue weighted by atomic mass is 32.2. The molecule has 1 amide bonds. The summed E-state index contributed by atoms with van der Waals surface area (Å²) < 4.78 is 31.9. The van der Waals surface area contributed by atoms with Crippen LogP contribution in [0.15, 0.2) is 46.4 Å². The van der Waals surface area contributed by atoms with E-state index in [4.69, 9.17) is 27.7 Å². The molecule has 11 heteroatoms. The standard InChI is InChI=1S/C21H28N6O4S/c22-19(28)21(25,10-3-11-26-20(23)24)32(29,30)17-8-9-18(27-13-17)31-16-7-6-14-4-1-2-5-15(14)12-16/h6-9,12-13H,1-5,10-11,25H2,(H2,22,28)(H4,23,24,26)/t21-/m0/s1. The van der Waals surface area contributed by atoms with Crippen molar-refractivity contribution in [1.82, 2.24) is 4.98 Å². The summed E-state index contributed by atoms with van der Waals surface area (Å²) in [4.78, 5) is 17.3. The summed E-state index contributed by atoms with van der Waals surface area (Å²) in [6.45, 7) is 0.107. The van der Waals surface area contributed by atoms with Crippen molar-refractivity contribution in [3.8, 4) is 11.6 Å². The van der Waals surface area contributed by atoms with Crippen molar-refractivity contribution in [1.29, 1.82) is 0 Å². The fraction of sp³-hybridized carbons (Fsp3) is 0.381. The fourth-order valence-electron chi connectivity index (χ4n) is 3.63. The third-order valence-corrected chi connectivity index (χ3v) is 7.69. The van der Waals surface area contributed by atoms with Crippen LogP contribution >= 0.6 is 0 Å². The number of carbonyl (C=O) groups excluding carboxylic acids is 1. The van der Waals surface area contributed by atoms with Gasteiger partial charge in [-0.1, -0.05) is 6.07 Å². The van der Waals surface area contributed by atoms with E-state index in [-0.39, 0.29) is 36.1 Å². The molecule has 0 radical (unpaired) electrons. The first-order valence-corrected chi connectivity index (χ1v) is 11.8. The van der Waals surface area contributed by atoms with Gasteiger partial charge in [0, 0.05) is 18.8 Å². The SMILES string of the molecule is NC(=O)[C@](N)(CCCN=C(N)N)S(=O)(=O)c1ccc(Oc2ccc3c(c2)CCCC3)nc1. The van der Waals surface area contributed by atoms with Crippen LogP contribution in [0.1, 0.15) is 36.8 Å². The summed E-state index contributed by atoms with van der Waals surface area (Å²) >= 11 is 0. The van der Waals surface area contributed by atoms with Crippen molar-refractivity contribution in [2.75, 3.05) is 6.54 Å². The van der Waals surface area contributed by atoms with E-state index in [0.717, 1.165) is 25.5 Å². The monoisotopic (exact) mass is 460 g/mol. The number of nitrogens with zero attached hydrogens (tertiary/aromatic N) is 2. The van der Waals surface area contributed by atoms with Gasteiger partial charge in [0.25, 0.3) is 5.91 Å². The zero-order valence-electron chi connectivity index (χ0n) is 17.7. The van der Waals surface area contributed by atoms with Crippen molar-refractivity contribution in [3.05, 3.63) is 47.7 Å². The number of sulfone groups is 1. The number of ether oxygens (including phenoxy) is 1. The number of nitrogens with two attached hydrogens (primary N) is 4. The average Bonchev–Trinajstić information content (AvgIpc) is 2.76. The van der Waals surface area contributed by atoms with Gasteiger partial charge in [0.2, 0.25) is 20.6 Å². The predicted molar refractivity (Wildman–Crippen MR) is 121 cm³/mol. The molecule has 1 aliphatic carbocycles. The summed E-state index contributed by atoms with van der Waals surface area (Å²) in [5.74, 6) is -0.474. The number of hydrogen-bond acceptors (Lipinski definition) is 7. The van der Waals surface area contributed by atoms with Crippen LogP contribution in [0, 0.1) is 0 Å². The summed E-state index contributed by atoms with van der Waals surface area (Å²) in [5.41, 5.74) is 24.4. The minimum Gasteiger partial charge on any atom is -0.439 e. The van der Waals surface area contributed by atoms with E-state index in [1.165, 1.54) is 29.7 Å². The second-order valence-electron chi connectivity index (χ2n) is 7.74. The maximum Gasteiger partial charge on any atom is 0.253 e. The molecule has 0 spiro atoms. The average molecular weight is 461 g/mol. The van der Waals surface area contributed by atoms with Gasteiger partial charge in [0.1, 0.15) is 5.75 Å². The third kappa shape index (κ3) is 5.00. The summed E-state index contributed by atoms with van der Waals surface area (Å²) in [7, 11) is -4.33. The number of amides is 1. The number of hydrogen-bond donors (Lipinski definition) is 4. The molecule has 32 heavy (non-hydrogen) atoms. The second kappa shape index (κ2) is 9.53. The number of aromatic nitrogens is 1. The van der Waals surface area contributed by atoms with Gasteiger partial charge in [0.15, 0.2) is 5.96 Å². The number of pyridine rings is 1. The van der Waals surface area contributed by atoms with E-state index < -0.39 is 20.6 Å². The third-order valence-electron chi connectivity index (χ3n) is 5.46. The molecule has 0 unspecified atom stereocenters. The largest absolute Gasteiger partial charge is 0.439 e. The molecular formula is C21H28N6O4S. The number of primary amides is 1. The van der Waals surface area contributed by atoms with Gasteiger partial charge < -0.3 is 27.7 Å². The van der Waals surface area contributed by atoms with Gasteiger partial charge >= 0.3 is 0 Å². The van der Waals surface area contributed by atoms with Crippen LogP contribution in [0.5, 0.6) is 11.6 Å². The molecular weight excluding hydrogens is 432 g/mol. The molecule has 1 aromatic carbocycles. The Kier molecular flexibility index (Phi) is 6.99. The van der Waals surface area contributed by atoms with Crippen LogP contribution in [-0.2, 0) is 27.5 Å². The van der Waals surface area contributed by atoms with Gasteiger partial charge in [-0.2, -0.15) is 0 Å². The molecule has 10 nitrogen and oxygen atoms in total. The maximum atomic E-state index is 13.1. The van der Waals surface area contributed by atoms with E-state index in [1.807, 2.05) is 18.2 Å². The highest BCUT2D eigenvalue weighted by Crippen LogP contribution is 2.30. The smallest absolute Gasteiger partial charge is 0.253 e. The summed E-state index contributed by atoms with van der Waals surface area (Å²) in [6.07, 6.45) is 5.39.